The third-order valence-corrected chi connectivity index (χ3v) is 5.29. The van der Waals surface area contributed by atoms with Crippen molar-refractivity contribution in [3.05, 3.63) is 58.7 Å². The highest BCUT2D eigenvalue weighted by molar-refractivity contribution is 5.91. The Labute approximate surface area is 153 Å². The molecule has 0 bridgehead atoms. The summed E-state index contributed by atoms with van der Waals surface area (Å²) < 4.78 is 5.73. The molecule has 0 saturated carbocycles. The molecule has 1 amide bonds. The monoisotopic (exact) mass is 351 g/mol. The maximum absolute atomic E-state index is 12.4. The van der Waals surface area contributed by atoms with Crippen LogP contribution in [0.2, 0.25) is 0 Å². The van der Waals surface area contributed by atoms with Crippen LogP contribution in [0.5, 0.6) is 0 Å². The Morgan fingerprint density at radius 3 is 2.81 bits per heavy atom. The number of nitrogens with one attached hydrogen (secondary N) is 2. The van der Waals surface area contributed by atoms with Gasteiger partial charge < -0.3 is 14.7 Å². The first-order valence-corrected chi connectivity index (χ1v) is 9.27. The van der Waals surface area contributed by atoms with E-state index in [0.717, 1.165) is 36.5 Å². The summed E-state index contributed by atoms with van der Waals surface area (Å²) in [7, 11) is 0. The molecular weight excluding hydrogens is 326 g/mol. The number of carbonyl (C=O) groups excluding carboxylic acids is 1. The van der Waals surface area contributed by atoms with Crippen molar-refractivity contribution in [3.63, 3.8) is 0 Å². The minimum absolute atomic E-state index is 0.167. The molecule has 1 saturated heterocycles. The zero-order valence-electron chi connectivity index (χ0n) is 15.4. The van der Waals surface area contributed by atoms with E-state index in [1.807, 2.05) is 12.1 Å². The van der Waals surface area contributed by atoms with Crippen molar-refractivity contribution in [2.24, 2.45) is 0 Å². The number of furan rings is 1. The predicted octanol–water partition coefficient (Wildman–Crippen LogP) is 3.90. The molecule has 26 heavy (non-hydrogen) atoms. The van der Waals surface area contributed by atoms with Crippen molar-refractivity contribution < 1.29 is 9.21 Å². The number of hydrogen-bond donors (Lipinski definition) is 2. The number of aryl methyl sites for hydroxylation is 2. The van der Waals surface area contributed by atoms with Gasteiger partial charge in [0.25, 0.3) is 5.91 Å². The van der Waals surface area contributed by atoms with E-state index in [1.54, 1.807) is 6.07 Å². The lowest BCUT2D eigenvalue weighted by Crippen LogP contribution is -2.22. The summed E-state index contributed by atoms with van der Waals surface area (Å²) in [6.07, 6.45) is 2.50. The molecule has 4 rings (SSSR count). The molecule has 5 nitrogen and oxygen atoms in total. The number of fused-ring (bicyclic) bond motifs is 1. The summed E-state index contributed by atoms with van der Waals surface area (Å²) in [4.78, 5) is 18.1. The summed E-state index contributed by atoms with van der Waals surface area (Å²) in [6, 6.07) is 9.92. The second-order valence-corrected chi connectivity index (χ2v) is 7.19. The van der Waals surface area contributed by atoms with Gasteiger partial charge in [-0.25, -0.2) is 0 Å². The van der Waals surface area contributed by atoms with E-state index >= 15 is 0 Å². The van der Waals surface area contributed by atoms with Gasteiger partial charge in [0.05, 0.1) is 6.54 Å². The fourth-order valence-corrected chi connectivity index (χ4v) is 3.63. The smallest absolute Gasteiger partial charge is 0.287 e. The van der Waals surface area contributed by atoms with Gasteiger partial charge in [0.2, 0.25) is 0 Å². The largest absolute Gasteiger partial charge is 0.455 e. The van der Waals surface area contributed by atoms with E-state index < -0.39 is 0 Å². The minimum Gasteiger partial charge on any atom is -0.455 e. The quantitative estimate of drug-likeness (QED) is 0.733. The Morgan fingerprint density at radius 2 is 2.00 bits per heavy atom. The van der Waals surface area contributed by atoms with Crippen LogP contribution in [-0.4, -0.2) is 28.9 Å². The fraction of sp³-hybridized carbons (Fsp3) is 0.381. The Kier molecular flexibility index (Phi) is 4.55. The molecule has 0 aliphatic carbocycles. The lowest BCUT2D eigenvalue weighted by Gasteiger charge is -2.11. The number of likely N-dealkylation sites (tertiary alicyclic amines) is 1. The number of aromatic nitrogens is 1. The molecule has 3 heterocycles. The molecule has 0 spiro atoms. The molecule has 2 N–H and O–H groups in total. The molecule has 3 aromatic rings. The third-order valence-electron chi connectivity index (χ3n) is 5.29. The SMILES string of the molecule is Cc1[nH]c2ccc(CNC(=O)c3ccc(CN4CCCC4)o3)cc2c1C. The van der Waals surface area contributed by atoms with Gasteiger partial charge in [0.15, 0.2) is 5.76 Å². The maximum Gasteiger partial charge on any atom is 0.287 e. The minimum atomic E-state index is -0.167. The van der Waals surface area contributed by atoms with Gasteiger partial charge in [-0.05, 0) is 75.2 Å². The Bertz CT molecular complexity index is 932. The molecular formula is C21H25N3O2. The first kappa shape index (κ1) is 16.9. The number of amides is 1. The van der Waals surface area contributed by atoms with Gasteiger partial charge >= 0.3 is 0 Å². The van der Waals surface area contributed by atoms with E-state index in [-0.39, 0.29) is 5.91 Å². The van der Waals surface area contributed by atoms with Crippen molar-refractivity contribution in [1.29, 1.82) is 0 Å². The topological polar surface area (TPSA) is 61.3 Å². The summed E-state index contributed by atoms with van der Waals surface area (Å²) >= 11 is 0. The third kappa shape index (κ3) is 3.40. The molecule has 1 fully saturated rings. The van der Waals surface area contributed by atoms with Gasteiger partial charge in [-0.2, -0.15) is 0 Å². The van der Waals surface area contributed by atoms with E-state index in [2.05, 4.69) is 41.2 Å². The van der Waals surface area contributed by atoms with E-state index in [9.17, 15) is 4.79 Å². The lowest BCUT2D eigenvalue weighted by atomic mass is 10.1. The number of carbonyl (C=O) groups is 1. The second kappa shape index (κ2) is 7.00. The summed E-state index contributed by atoms with van der Waals surface area (Å²) in [6.45, 7) is 7.69. The van der Waals surface area contributed by atoms with Crippen molar-refractivity contribution in [2.75, 3.05) is 13.1 Å². The highest BCUT2D eigenvalue weighted by atomic mass is 16.4. The van der Waals surface area contributed by atoms with Crippen molar-refractivity contribution in [3.8, 4) is 0 Å². The number of nitrogens with zero attached hydrogens (tertiary/aromatic N) is 1. The first-order valence-electron chi connectivity index (χ1n) is 9.27. The van der Waals surface area contributed by atoms with Crippen LogP contribution >= 0.6 is 0 Å². The van der Waals surface area contributed by atoms with E-state index in [0.29, 0.717) is 12.3 Å². The van der Waals surface area contributed by atoms with Gasteiger partial charge in [-0.15, -0.1) is 0 Å². The molecule has 2 aromatic heterocycles. The zero-order chi connectivity index (χ0) is 18.1. The molecule has 0 atom stereocenters. The van der Waals surface area contributed by atoms with Crippen LogP contribution in [0, 0.1) is 13.8 Å². The molecule has 5 heteroatoms. The predicted molar refractivity (Wildman–Crippen MR) is 102 cm³/mol. The molecule has 1 aromatic carbocycles. The molecule has 0 radical (unpaired) electrons. The average Bonchev–Trinajstić information content (AvgIpc) is 3.37. The zero-order valence-corrected chi connectivity index (χ0v) is 15.4. The van der Waals surface area contributed by atoms with Crippen molar-refractivity contribution in [2.45, 2.75) is 39.8 Å². The Balaban J connectivity index is 1.39. The summed E-state index contributed by atoms with van der Waals surface area (Å²) in [5, 5.41) is 4.17. The lowest BCUT2D eigenvalue weighted by molar-refractivity contribution is 0.0919. The van der Waals surface area contributed by atoms with Crippen LogP contribution < -0.4 is 5.32 Å². The maximum atomic E-state index is 12.4. The van der Waals surface area contributed by atoms with Crippen LogP contribution in [0.25, 0.3) is 10.9 Å². The number of hydrogen-bond acceptors (Lipinski definition) is 3. The standard InChI is InChI=1S/C21H25N3O2/c1-14-15(2)23-19-7-5-16(11-18(14)19)12-22-21(25)20-8-6-17(26-20)13-24-9-3-4-10-24/h5-8,11,23H,3-4,9-10,12-13H2,1-2H3,(H,22,25). The Hall–Kier alpha value is -2.53. The number of benzene rings is 1. The number of H-pyrrole nitrogens is 1. The fourth-order valence-electron chi connectivity index (χ4n) is 3.63. The molecule has 1 aliphatic heterocycles. The van der Waals surface area contributed by atoms with Crippen LogP contribution in [0.3, 0.4) is 0 Å². The van der Waals surface area contributed by atoms with Crippen LogP contribution in [0.1, 0.15) is 46.0 Å². The number of rotatable bonds is 5. The Morgan fingerprint density at radius 1 is 1.19 bits per heavy atom. The summed E-state index contributed by atoms with van der Waals surface area (Å²) in [5.74, 6) is 1.07. The summed E-state index contributed by atoms with van der Waals surface area (Å²) in [5.41, 5.74) is 4.65. The second-order valence-electron chi connectivity index (χ2n) is 7.19. The van der Waals surface area contributed by atoms with Crippen molar-refractivity contribution in [1.82, 2.24) is 15.2 Å². The van der Waals surface area contributed by atoms with Crippen LogP contribution in [0.4, 0.5) is 0 Å². The van der Waals surface area contributed by atoms with Crippen LogP contribution in [-0.2, 0) is 13.1 Å². The van der Waals surface area contributed by atoms with E-state index in [4.69, 9.17) is 4.42 Å². The first-order chi connectivity index (χ1) is 12.6. The number of aromatic amines is 1. The van der Waals surface area contributed by atoms with Gasteiger partial charge in [-0.1, -0.05) is 6.07 Å². The normalized spacial score (nSPS) is 15.0. The van der Waals surface area contributed by atoms with Gasteiger partial charge in [0, 0.05) is 23.1 Å². The molecule has 0 unspecified atom stereocenters. The van der Waals surface area contributed by atoms with Crippen LogP contribution in [0.15, 0.2) is 34.7 Å². The molecule has 1 aliphatic rings. The van der Waals surface area contributed by atoms with Crippen molar-refractivity contribution >= 4 is 16.8 Å². The van der Waals surface area contributed by atoms with Gasteiger partial charge in [0.1, 0.15) is 5.76 Å². The molecule has 136 valence electrons. The van der Waals surface area contributed by atoms with Gasteiger partial charge in [-0.3, -0.25) is 9.69 Å². The highest BCUT2D eigenvalue weighted by Crippen LogP contribution is 2.22. The highest BCUT2D eigenvalue weighted by Gasteiger charge is 2.16. The average molecular weight is 351 g/mol. The van der Waals surface area contributed by atoms with E-state index in [1.165, 1.54) is 29.5 Å².